The molecule has 3 aliphatic carbocycles. The number of hydrogen-bond donors (Lipinski definition) is 3. The summed E-state index contributed by atoms with van der Waals surface area (Å²) >= 11 is 0. The molecule has 1 aromatic rings. The molecule has 14 nitrogen and oxygen atoms in total. The first kappa shape index (κ1) is 35.2. The van der Waals surface area contributed by atoms with E-state index in [1.807, 2.05) is 12.2 Å². The molecule has 1 aromatic carbocycles. The van der Waals surface area contributed by atoms with Crippen molar-refractivity contribution in [2.75, 3.05) is 6.54 Å². The van der Waals surface area contributed by atoms with Gasteiger partial charge in [0.2, 0.25) is 21.8 Å². The fourth-order valence-corrected chi connectivity index (χ4v) is 8.75. The molecular weight excluding hydrogens is 685 g/mol. The van der Waals surface area contributed by atoms with E-state index >= 15 is 0 Å². The number of hydrogen-bond acceptors (Lipinski definition) is 9. The van der Waals surface area contributed by atoms with Crippen LogP contribution in [0.1, 0.15) is 88.2 Å². The lowest BCUT2D eigenvalue weighted by Gasteiger charge is -2.31. The number of carbonyl (C=O) groups is 5. The molecular formula is C35H44FN5O9S. The van der Waals surface area contributed by atoms with E-state index in [2.05, 4.69) is 15.4 Å². The van der Waals surface area contributed by atoms with Crippen LogP contribution < -0.4 is 15.4 Å². The highest BCUT2D eigenvalue weighted by atomic mass is 32.2. The molecule has 0 unspecified atom stereocenters. The molecule has 0 spiro atoms. The number of allylic oxidation sites excluding steroid dienone is 1. The predicted octanol–water partition coefficient (Wildman–Crippen LogP) is 2.90. The zero-order chi connectivity index (χ0) is 35.9. The normalized spacial score (nSPS) is 30.3. The van der Waals surface area contributed by atoms with Gasteiger partial charge in [-0.3, -0.25) is 24.0 Å². The molecule has 3 heterocycles. The minimum Gasteiger partial charge on any atom is -0.446 e. The van der Waals surface area contributed by atoms with Gasteiger partial charge in [0.15, 0.2) is 0 Å². The van der Waals surface area contributed by atoms with Crippen LogP contribution in [0.2, 0.25) is 0 Å². The molecule has 0 aromatic heterocycles. The summed E-state index contributed by atoms with van der Waals surface area (Å²) in [6.45, 7) is -0.0334. The quantitative estimate of drug-likeness (QED) is 0.371. The van der Waals surface area contributed by atoms with E-state index in [9.17, 15) is 36.8 Å². The molecule has 3 aliphatic heterocycles. The number of amides is 5. The third-order valence-electron chi connectivity index (χ3n) is 10.9. The van der Waals surface area contributed by atoms with E-state index in [4.69, 9.17) is 9.47 Å². The Bertz CT molecular complexity index is 1730. The van der Waals surface area contributed by atoms with Crippen molar-refractivity contribution in [2.24, 2.45) is 5.92 Å². The van der Waals surface area contributed by atoms with Gasteiger partial charge in [-0.2, -0.15) is 0 Å². The largest absolute Gasteiger partial charge is 0.446 e. The van der Waals surface area contributed by atoms with Gasteiger partial charge >= 0.3 is 12.2 Å². The smallest absolute Gasteiger partial charge is 0.410 e. The molecule has 3 saturated carbocycles. The molecule has 1 saturated heterocycles. The SMILES string of the molecule is O=C(N[C@H]1CCCCC/C=C\[C@H]2C[C@@]2(C(=O)NS(=O)(=O)C2CC2)NC(=O)[C@@H]2C[C@@H](OC(=O)N3Cc4cccc(F)c4C3)CN2C1=O)OC1CCC1. The lowest BCUT2D eigenvalue weighted by molar-refractivity contribution is -0.141. The second-order valence-corrected chi connectivity index (χ2v) is 16.6. The van der Waals surface area contributed by atoms with Crippen molar-refractivity contribution in [3.8, 4) is 0 Å². The summed E-state index contributed by atoms with van der Waals surface area (Å²) in [5.41, 5.74) is -0.496. The average Bonchev–Trinajstić information content (AvgIpc) is 3.95. The fraction of sp³-hybridized carbons (Fsp3) is 0.629. The number of halogens is 1. The maximum absolute atomic E-state index is 14.4. The Balaban J connectivity index is 1.12. The van der Waals surface area contributed by atoms with Crippen LogP contribution in [0.15, 0.2) is 30.4 Å². The number of ether oxygens (including phenoxy) is 2. The molecule has 16 heteroatoms. The summed E-state index contributed by atoms with van der Waals surface area (Å²) in [6, 6.07) is 2.37. The van der Waals surface area contributed by atoms with Crippen LogP contribution in [0.4, 0.5) is 14.0 Å². The van der Waals surface area contributed by atoms with Crippen molar-refractivity contribution in [1.82, 2.24) is 25.2 Å². The number of nitrogens with zero attached hydrogens (tertiary/aromatic N) is 2. The lowest BCUT2D eigenvalue weighted by atomic mass is 9.96. The molecule has 51 heavy (non-hydrogen) atoms. The molecule has 0 bridgehead atoms. The summed E-state index contributed by atoms with van der Waals surface area (Å²) in [7, 11) is -3.91. The van der Waals surface area contributed by atoms with Crippen LogP contribution in [0.25, 0.3) is 0 Å². The van der Waals surface area contributed by atoms with Crippen molar-refractivity contribution in [1.29, 1.82) is 0 Å². The molecule has 4 fully saturated rings. The first-order valence-electron chi connectivity index (χ1n) is 18.0. The van der Waals surface area contributed by atoms with Gasteiger partial charge < -0.3 is 25.0 Å². The van der Waals surface area contributed by atoms with E-state index < -0.39 is 80.6 Å². The first-order chi connectivity index (χ1) is 24.4. The number of nitrogens with one attached hydrogen (secondary N) is 3. The first-order valence-corrected chi connectivity index (χ1v) is 19.5. The minimum atomic E-state index is -3.91. The zero-order valence-corrected chi connectivity index (χ0v) is 29.1. The van der Waals surface area contributed by atoms with Crippen molar-refractivity contribution < 1.29 is 46.3 Å². The standard InChI is InChI=1S/C35H44FN5O9S/c36-27-12-6-8-21-18-40(20-26(21)27)34(46)50-24-16-29-30(42)38-35(32(44)39-51(47,48)25-14-15-25)17-22(35)9-4-2-1-3-5-13-28(31(43)41(29)19-24)37-33(45)49-23-10-7-11-23/h4,6,8-9,12,22-25,28-29H,1-3,5,7,10-11,13-20H2,(H,37,45)(H,38,42)(H,39,44)/b9-4-/t22-,24+,28-,29-,35+/m0/s1. The molecule has 5 amide bonds. The average molecular weight is 730 g/mol. The highest BCUT2D eigenvalue weighted by Crippen LogP contribution is 2.46. The lowest BCUT2D eigenvalue weighted by Crippen LogP contribution is -2.58. The molecule has 276 valence electrons. The molecule has 5 atom stereocenters. The number of benzene rings is 1. The van der Waals surface area contributed by atoms with Crippen molar-refractivity contribution in [2.45, 2.75) is 125 Å². The Hall–Kier alpha value is -4.21. The van der Waals surface area contributed by atoms with Gasteiger partial charge in [-0.15, -0.1) is 0 Å². The number of carbonyl (C=O) groups excluding carboxylic acids is 5. The maximum Gasteiger partial charge on any atom is 0.410 e. The Morgan fingerprint density at radius 1 is 0.961 bits per heavy atom. The Morgan fingerprint density at radius 2 is 1.76 bits per heavy atom. The van der Waals surface area contributed by atoms with Crippen LogP contribution in [0, 0.1) is 11.7 Å². The highest BCUT2D eigenvalue weighted by Gasteiger charge is 2.62. The van der Waals surface area contributed by atoms with E-state index in [-0.39, 0.29) is 45.0 Å². The molecule has 3 N–H and O–H groups in total. The monoisotopic (exact) mass is 729 g/mol. The molecule has 7 rings (SSSR count). The Labute approximate surface area is 295 Å². The Kier molecular flexibility index (Phi) is 9.71. The van der Waals surface area contributed by atoms with E-state index in [1.165, 1.54) is 15.9 Å². The summed E-state index contributed by atoms with van der Waals surface area (Å²) in [6.07, 6.45) is 7.57. The third kappa shape index (κ3) is 7.56. The van der Waals surface area contributed by atoms with Crippen LogP contribution in [0.3, 0.4) is 0 Å². The van der Waals surface area contributed by atoms with E-state index in [0.29, 0.717) is 36.8 Å². The van der Waals surface area contributed by atoms with Crippen molar-refractivity contribution in [3.05, 3.63) is 47.3 Å². The van der Waals surface area contributed by atoms with Crippen molar-refractivity contribution in [3.63, 3.8) is 0 Å². The van der Waals surface area contributed by atoms with Gasteiger partial charge in [0.05, 0.1) is 18.3 Å². The predicted molar refractivity (Wildman–Crippen MR) is 178 cm³/mol. The van der Waals surface area contributed by atoms with Gasteiger partial charge in [-0.05, 0) is 69.4 Å². The topological polar surface area (TPSA) is 181 Å². The number of alkyl carbamates (subject to hydrolysis) is 1. The van der Waals surface area contributed by atoms with Gasteiger partial charge in [0, 0.05) is 24.4 Å². The van der Waals surface area contributed by atoms with Gasteiger partial charge in [0.25, 0.3) is 5.91 Å². The van der Waals surface area contributed by atoms with Gasteiger partial charge in [0.1, 0.15) is 35.6 Å². The molecule has 0 radical (unpaired) electrons. The van der Waals surface area contributed by atoms with Crippen molar-refractivity contribution >= 4 is 39.9 Å². The van der Waals surface area contributed by atoms with Crippen LogP contribution in [0.5, 0.6) is 0 Å². The van der Waals surface area contributed by atoms with Crippen LogP contribution >= 0.6 is 0 Å². The maximum atomic E-state index is 14.4. The second kappa shape index (κ2) is 14.1. The number of fused-ring (bicyclic) bond motifs is 3. The summed E-state index contributed by atoms with van der Waals surface area (Å²) < 4.78 is 53.3. The van der Waals surface area contributed by atoms with Gasteiger partial charge in [-0.25, -0.2) is 22.4 Å². The third-order valence-corrected chi connectivity index (χ3v) is 12.7. The summed E-state index contributed by atoms with van der Waals surface area (Å²) in [4.78, 5) is 70.8. The van der Waals surface area contributed by atoms with Crippen LogP contribution in [-0.2, 0) is 47.0 Å². The molecule has 6 aliphatic rings. The summed E-state index contributed by atoms with van der Waals surface area (Å²) in [5, 5.41) is 4.85. The van der Waals surface area contributed by atoms with E-state index in [0.717, 1.165) is 32.1 Å². The highest BCUT2D eigenvalue weighted by molar-refractivity contribution is 7.91. The van der Waals surface area contributed by atoms with Gasteiger partial charge in [-0.1, -0.05) is 37.1 Å². The number of sulfonamides is 1. The number of rotatable bonds is 6. The minimum absolute atomic E-state index is 0.00548. The fourth-order valence-electron chi connectivity index (χ4n) is 7.39. The summed E-state index contributed by atoms with van der Waals surface area (Å²) in [5.74, 6) is -3.00. The van der Waals surface area contributed by atoms with E-state index in [1.54, 1.807) is 12.1 Å². The second-order valence-electron chi connectivity index (χ2n) is 14.6. The van der Waals surface area contributed by atoms with Crippen LogP contribution in [-0.4, -0.2) is 89.8 Å². The zero-order valence-electron chi connectivity index (χ0n) is 28.3. The Morgan fingerprint density at radius 3 is 2.49 bits per heavy atom.